The summed E-state index contributed by atoms with van der Waals surface area (Å²) in [4.78, 5) is 19.8. The summed E-state index contributed by atoms with van der Waals surface area (Å²) in [5.74, 6) is -0.390. The lowest BCUT2D eigenvalue weighted by atomic mass is 10.1. The fourth-order valence-corrected chi connectivity index (χ4v) is 1.90. The molecule has 0 saturated carbocycles. The number of carbonyl (C=O) groups excluding carboxylic acids is 1. The molecule has 1 unspecified atom stereocenters. The highest BCUT2D eigenvalue weighted by molar-refractivity contribution is 6.30. The van der Waals surface area contributed by atoms with Crippen molar-refractivity contribution in [2.45, 2.75) is 18.7 Å². The molecule has 0 bridgehead atoms. The molecular weight excluding hydrogens is 252 g/mol. The maximum Gasteiger partial charge on any atom is 0.324 e. The zero-order valence-electron chi connectivity index (χ0n) is 9.97. The van der Waals surface area contributed by atoms with Gasteiger partial charge in [0, 0.05) is 12.4 Å². The van der Waals surface area contributed by atoms with Crippen molar-refractivity contribution in [3.8, 4) is 0 Å². The monoisotopic (exact) mass is 264 g/mol. The van der Waals surface area contributed by atoms with E-state index in [1.165, 1.54) is 0 Å². The van der Waals surface area contributed by atoms with Crippen LogP contribution in [0.1, 0.15) is 12.5 Å². The number of benzene rings is 1. The van der Waals surface area contributed by atoms with Gasteiger partial charge in [-0.1, -0.05) is 6.07 Å². The summed E-state index contributed by atoms with van der Waals surface area (Å²) in [5.41, 5.74) is 2.56. The molecular formula is C13H13ClN2O2. The summed E-state index contributed by atoms with van der Waals surface area (Å²) in [6.45, 7) is 2.10. The van der Waals surface area contributed by atoms with Gasteiger partial charge in [0.15, 0.2) is 0 Å². The van der Waals surface area contributed by atoms with Gasteiger partial charge in [0.25, 0.3) is 0 Å². The van der Waals surface area contributed by atoms with Crippen LogP contribution >= 0.6 is 11.6 Å². The van der Waals surface area contributed by atoms with Crippen LogP contribution in [0.5, 0.6) is 0 Å². The number of fused-ring (bicyclic) bond motifs is 1. The van der Waals surface area contributed by atoms with Crippen LogP contribution in [0.15, 0.2) is 30.6 Å². The van der Waals surface area contributed by atoms with Crippen molar-refractivity contribution < 1.29 is 9.53 Å². The summed E-state index contributed by atoms with van der Waals surface area (Å²) >= 11 is 5.99. The Hall–Kier alpha value is -1.68. The average Bonchev–Trinajstić information content (AvgIpc) is 2.39. The zero-order valence-corrected chi connectivity index (χ0v) is 10.7. The van der Waals surface area contributed by atoms with Crippen LogP contribution in [0.2, 0.25) is 0 Å². The molecule has 0 amide bonds. The molecule has 0 saturated heterocycles. The number of ether oxygens (including phenoxy) is 1. The second-order valence-electron chi connectivity index (χ2n) is 3.80. The molecule has 1 atom stereocenters. The Bertz CT molecular complexity index is 559. The smallest absolute Gasteiger partial charge is 0.324 e. The van der Waals surface area contributed by atoms with E-state index in [9.17, 15) is 4.79 Å². The van der Waals surface area contributed by atoms with E-state index in [2.05, 4.69) is 9.97 Å². The molecule has 1 aromatic heterocycles. The van der Waals surface area contributed by atoms with Crippen LogP contribution in [-0.4, -0.2) is 27.9 Å². The molecule has 1 heterocycles. The third-order valence-electron chi connectivity index (χ3n) is 2.49. The molecule has 2 rings (SSSR count). The number of halogens is 1. The molecule has 0 aliphatic rings. The van der Waals surface area contributed by atoms with Gasteiger partial charge in [-0.3, -0.25) is 14.8 Å². The van der Waals surface area contributed by atoms with Crippen LogP contribution in [0, 0.1) is 0 Å². The second kappa shape index (κ2) is 5.78. The number of hydrogen-bond donors (Lipinski definition) is 0. The molecule has 0 spiro atoms. The molecule has 4 nitrogen and oxygen atoms in total. The number of carbonyl (C=O) groups is 1. The van der Waals surface area contributed by atoms with Crippen molar-refractivity contribution in [2.24, 2.45) is 0 Å². The van der Waals surface area contributed by atoms with Gasteiger partial charge in [-0.15, -0.1) is 11.6 Å². The first-order chi connectivity index (χ1) is 8.70. The highest BCUT2D eigenvalue weighted by Gasteiger charge is 2.17. The van der Waals surface area contributed by atoms with Crippen molar-refractivity contribution in [1.29, 1.82) is 0 Å². The largest absolute Gasteiger partial charge is 0.465 e. The molecule has 5 heteroatoms. The SMILES string of the molecule is CCOC(=O)C(Cl)Cc1ccc2nccnc2c1. The van der Waals surface area contributed by atoms with E-state index in [0.717, 1.165) is 16.6 Å². The number of hydrogen-bond acceptors (Lipinski definition) is 4. The number of alkyl halides is 1. The van der Waals surface area contributed by atoms with Crippen molar-refractivity contribution in [2.75, 3.05) is 6.61 Å². The zero-order chi connectivity index (χ0) is 13.0. The number of rotatable bonds is 4. The Morgan fingerprint density at radius 3 is 2.78 bits per heavy atom. The molecule has 2 aromatic rings. The summed E-state index contributed by atoms with van der Waals surface area (Å²) in [6, 6.07) is 5.65. The number of nitrogens with zero attached hydrogens (tertiary/aromatic N) is 2. The Kier molecular flexibility index (Phi) is 4.10. The topological polar surface area (TPSA) is 52.1 Å². The van der Waals surface area contributed by atoms with Crippen LogP contribution in [0.4, 0.5) is 0 Å². The lowest BCUT2D eigenvalue weighted by Gasteiger charge is -2.08. The maximum absolute atomic E-state index is 11.4. The fourth-order valence-electron chi connectivity index (χ4n) is 1.66. The summed E-state index contributed by atoms with van der Waals surface area (Å²) in [5, 5.41) is -0.668. The highest BCUT2D eigenvalue weighted by Crippen LogP contribution is 2.15. The maximum atomic E-state index is 11.4. The van der Waals surface area contributed by atoms with Crippen molar-refractivity contribution in [3.05, 3.63) is 36.2 Å². The summed E-state index contributed by atoms with van der Waals surface area (Å²) in [7, 11) is 0. The predicted octanol–water partition coefficient (Wildman–Crippen LogP) is 2.34. The van der Waals surface area contributed by atoms with E-state index in [1.807, 2.05) is 18.2 Å². The van der Waals surface area contributed by atoms with Crippen molar-refractivity contribution in [1.82, 2.24) is 9.97 Å². The van der Waals surface area contributed by atoms with Gasteiger partial charge in [-0.2, -0.15) is 0 Å². The molecule has 0 fully saturated rings. The minimum absolute atomic E-state index is 0.339. The minimum atomic E-state index is -0.668. The van der Waals surface area contributed by atoms with E-state index in [0.29, 0.717) is 13.0 Å². The van der Waals surface area contributed by atoms with E-state index in [-0.39, 0.29) is 0 Å². The molecule has 0 aliphatic heterocycles. The third-order valence-corrected chi connectivity index (χ3v) is 2.82. The third kappa shape index (κ3) is 2.96. The van der Waals surface area contributed by atoms with E-state index < -0.39 is 11.3 Å². The van der Waals surface area contributed by atoms with E-state index in [1.54, 1.807) is 19.3 Å². The molecule has 0 N–H and O–H groups in total. The molecule has 18 heavy (non-hydrogen) atoms. The van der Waals surface area contributed by atoms with Gasteiger partial charge >= 0.3 is 5.97 Å². The Balaban J connectivity index is 2.14. The van der Waals surface area contributed by atoms with Crippen LogP contribution in [0.25, 0.3) is 11.0 Å². The highest BCUT2D eigenvalue weighted by atomic mass is 35.5. The van der Waals surface area contributed by atoms with Crippen LogP contribution in [0.3, 0.4) is 0 Å². The Labute approximate surface area is 110 Å². The average molecular weight is 265 g/mol. The lowest BCUT2D eigenvalue weighted by molar-refractivity contribution is -0.142. The van der Waals surface area contributed by atoms with Gasteiger partial charge in [0.05, 0.1) is 17.6 Å². The van der Waals surface area contributed by atoms with Crippen LogP contribution < -0.4 is 0 Å². The van der Waals surface area contributed by atoms with Gasteiger partial charge in [0.2, 0.25) is 0 Å². The lowest BCUT2D eigenvalue weighted by Crippen LogP contribution is -2.20. The summed E-state index contributed by atoms with van der Waals surface area (Å²) < 4.78 is 4.86. The molecule has 94 valence electrons. The van der Waals surface area contributed by atoms with Gasteiger partial charge in [-0.25, -0.2) is 0 Å². The first kappa shape index (κ1) is 12.8. The molecule has 1 aromatic carbocycles. The standard InChI is InChI=1S/C13H13ClN2O2/c1-2-18-13(17)10(14)7-9-3-4-11-12(8-9)16-6-5-15-11/h3-6,8,10H,2,7H2,1H3. The van der Waals surface area contributed by atoms with Crippen LogP contribution in [-0.2, 0) is 16.0 Å². The summed E-state index contributed by atoms with van der Waals surface area (Å²) in [6.07, 6.45) is 3.70. The van der Waals surface area contributed by atoms with E-state index in [4.69, 9.17) is 16.3 Å². The predicted molar refractivity (Wildman–Crippen MR) is 69.5 cm³/mol. The first-order valence-corrected chi connectivity index (χ1v) is 6.14. The number of aromatic nitrogens is 2. The number of esters is 1. The van der Waals surface area contributed by atoms with Gasteiger partial charge in [0.1, 0.15) is 5.38 Å². The fraction of sp³-hybridized carbons (Fsp3) is 0.308. The van der Waals surface area contributed by atoms with Crippen molar-refractivity contribution in [3.63, 3.8) is 0 Å². The molecule has 0 radical (unpaired) electrons. The first-order valence-electron chi connectivity index (χ1n) is 5.71. The molecule has 0 aliphatic carbocycles. The minimum Gasteiger partial charge on any atom is -0.465 e. The Morgan fingerprint density at radius 2 is 2.06 bits per heavy atom. The van der Waals surface area contributed by atoms with Gasteiger partial charge < -0.3 is 4.74 Å². The second-order valence-corrected chi connectivity index (χ2v) is 4.33. The quantitative estimate of drug-likeness (QED) is 0.628. The Morgan fingerprint density at radius 1 is 1.33 bits per heavy atom. The van der Waals surface area contributed by atoms with Gasteiger partial charge in [-0.05, 0) is 31.0 Å². The van der Waals surface area contributed by atoms with Crippen molar-refractivity contribution >= 4 is 28.6 Å². The van der Waals surface area contributed by atoms with E-state index >= 15 is 0 Å². The normalized spacial score (nSPS) is 12.3.